The molecular formula is C39H49NO9. The van der Waals surface area contributed by atoms with Gasteiger partial charge < -0.3 is 33.2 Å². The Morgan fingerprint density at radius 2 is 1.18 bits per heavy atom. The van der Waals surface area contributed by atoms with Crippen LogP contribution < -0.4 is 9.47 Å². The van der Waals surface area contributed by atoms with Crippen LogP contribution in [0.2, 0.25) is 0 Å². The molecule has 3 rings (SSSR count). The summed E-state index contributed by atoms with van der Waals surface area (Å²) >= 11 is 0. The molecule has 0 saturated carbocycles. The molecule has 0 aliphatic rings. The number of hydrogen-bond acceptors (Lipinski definition) is 10. The summed E-state index contributed by atoms with van der Waals surface area (Å²) in [5.74, 6) is 0.731. The predicted octanol–water partition coefficient (Wildman–Crippen LogP) is 6.28. The number of ether oxygens (including phenoxy) is 7. The maximum atomic E-state index is 11.7. The Hall–Kier alpha value is -4.27. The Morgan fingerprint density at radius 3 is 1.69 bits per heavy atom. The van der Waals surface area contributed by atoms with E-state index in [0.717, 1.165) is 34.6 Å². The number of carbonyl (C=O) groups is 2. The van der Waals surface area contributed by atoms with Gasteiger partial charge in [-0.25, -0.2) is 0 Å². The first-order chi connectivity index (χ1) is 24.0. The predicted molar refractivity (Wildman–Crippen MR) is 185 cm³/mol. The first kappa shape index (κ1) is 39.2. The second-order valence-corrected chi connectivity index (χ2v) is 11.3. The smallest absolute Gasteiger partial charge is 0.306 e. The van der Waals surface area contributed by atoms with Crippen LogP contribution in [0.25, 0.3) is 0 Å². The van der Waals surface area contributed by atoms with Crippen LogP contribution in [0.3, 0.4) is 0 Å². The molecule has 0 amide bonds. The number of nitrogens with zero attached hydrogens (tertiary/aromatic N) is 1. The molecule has 3 aromatic carbocycles. The largest absolute Gasteiger partial charge is 0.497 e. The molecule has 264 valence electrons. The highest BCUT2D eigenvalue weighted by Gasteiger charge is 2.38. The maximum absolute atomic E-state index is 11.7. The fraction of sp³-hybridized carbons (Fsp3) is 0.462. The van der Waals surface area contributed by atoms with Crippen molar-refractivity contribution < 1.29 is 42.7 Å². The minimum absolute atomic E-state index is 0.0761. The van der Waals surface area contributed by atoms with E-state index >= 15 is 0 Å². The van der Waals surface area contributed by atoms with Gasteiger partial charge in [-0.1, -0.05) is 61.5 Å². The SMILES string of the molecule is CCCC(=O)CCC(=O)OCCOCCOCCOCCC(C#N)COC(c1ccccc1)(c1ccc(OC)cc1)c1ccc(OC)cc1. The first-order valence-electron chi connectivity index (χ1n) is 16.8. The van der Waals surface area contributed by atoms with Crippen LogP contribution in [0.4, 0.5) is 0 Å². The minimum atomic E-state index is -0.998. The average Bonchev–Trinajstić information content (AvgIpc) is 3.14. The van der Waals surface area contributed by atoms with Crippen molar-refractivity contribution in [3.05, 3.63) is 95.6 Å². The molecule has 1 atom stereocenters. The van der Waals surface area contributed by atoms with E-state index in [2.05, 4.69) is 6.07 Å². The van der Waals surface area contributed by atoms with E-state index in [1.807, 2.05) is 85.8 Å². The van der Waals surface area contributed by atoms with E-state index in [1.54, 1.807) is 14.2 Å². The van der Waals surface area contributed by atoms with Crippen LogP contribution in [0, 0.1) is 17.2 Å². The van der Waals surface area contributed by atoms with Gasteiger partial charge in [-0.2, -0.15) is 5.26 Å². The number of benzene rings is 3. The van der Waals surface area contributed by atoms with Crippen molar-refractivity contribution in [2.75, 3.05) is 67.1 Å². The topological polar surface area (TPSA) is 123 Å². The summed E-state index contributed by atoms with van der Waals surface area (Å²) in [5.41, 5.74) is 1.73. The molecule has 1 unspecified atom stereocenters. The van der Waals surface area contributed by atoms with Crippen LogP contribution >= 0.6 is 0 Å². The summed E-state index contributed by atoms with van der Waals surface area (Å²) in [4.78, 5) is 23.2. The fourth-order valence-corrected chi connectivity index (χ4v) is 5.18. The zero-order valence-electron chi connectivity index (χ0n) is 28.9. The molecule has 0 aliphatic heterocycles. The lowest BCUT2D eigenvalue weighted by Crippen LogP contribution is -2.34. The molecule has 0 fully saturated rings. The van der Waals surface area contributed by atoms with Crippen molar-refractivity contribution in [2.45, 2.75) is 44.6 Å². The maximum Gasteiger partial charge on any atom is 0.306 e. The summed E-state index contributed by atoms with van der Waals surface area (Å²) in [6, 6.07) is 27.9. The Bertz CT molecular complexity index is 1360. The van der Waals surface area contributed by atoms with E-state index in [1.165, 1.54) is 0 Å². The number of esters is 1. The summed E-state index contributed by atoms with van der Waals surface area (Å²) in [6.45, 7) is 4.35. The lowest BCUT2D eigenvalue weighted by molar-refractivity contribution is -0.146. The molecule has 0 saturated heterocycles. The van der Waals surface area contributed by atoms with Crippen LogP contribution in [-0.4, -0.2) is 78.8 Å². The molecule has 0 radical (unpaired) electrons. The number of methoxy groups -OCH3 is 2. The van der Waals surface area contributed by atoms with Crippen molar-refractivity contribution >= 4 is 11.8 Å². The lowest BCUT2D eigenvalue weighted by atomic mass is 9.80. The van der Waals surface area contributed by atoms with Gasteiger partial charge in [-0.05, 0) is 53.8 Å². The van der Waals surface area contributed by atoms with Gasteiger partial charge in [-0.15, -0.1) is 0 Å². The number of carbonyl (C=O) groups excluding carboxylic acids is 2. The second kappa shape index (κ2) is 22.4. The third-order valence-corrected chi connectivity index (χ3v) is 7.84. The van der Waals surface area contributed by atoms with Gasteiger partial charge in [0, 0.05) is 19.4 Å². The zero-order valence-corrected chi connectivity index (χ0v) is 28.9. The summed E-state index contributed by atoms with van der Waals surface area (Å²) in [5, 5.41) is 10.0. The highest BCUT2D eigenvalue weighted by molar-refractivity contribution is 5.82. The van der Waals surface area contributed by atoms with Crippen LogP contribution in [-0.2, 0) is 38.9 Å². The van der Waals surface area contributed by atoms with Gasteiger partial charge in [0.1, 0.15) is 29.5 Å². The molecule has 0 N–H and O–H groups in total. The Kier molecular flexibility index (Phi) is 17.9. The Morgan fingerprint density at radius 1 is 0.673 bits per heavy atom. The molecule has 10 heteroatoms. The molecular weight excluding hydrogens is 626 g/mol. The van der Waals surface area contributed by atoms with Crippen LogP contribution in [0.5, 0.6) is 11.5 Å². The van der Waals surface area contributed by atoms with Gasteiger partial charge in [-0.3, -0.25) is 9.59 Å². The zero-order chi connectivity index (χ0) is 35.2. The Labute approximate surface area is 290 Å². The normalized spacial score (nSPS) is 11.8. The lowest BCUT2D eigenvalue weighted by Gasteiger charge is -2.36. The third-order valence-electron chi connectivity index (χ3n) is 7.84. The fourth-order valence-electron chi connectivity index (χ4n) is 5.18. The van der Waals surface area contributed by atoms with Crippen molar-refractivity contribution in [1.29, 1.82) is 5.26 Å². The number of Topliss-reactive ketones (excluding diaryl/α,β-unsaturated/α-hetero) is 1. The number of nitriles is 1. The Balaban J connectivity index is 1.45. The van der Waals surface area contributed by atoms with Gasteiger partial charge in [0.25, 0.3) is 0 Å². The highest BCUT2D eigenvalue weighted by Crippen LogP contribution is 2.42. The third kappa shape index (κ3) is 12.9. The second-order valence-electron chi connectivity index (χ2n) is 11.3. The molecule has 0 bridgehead atoms. The van der Waals surface area contributed by atoms with Crippen molar-refractivity contribution in [2.24, 2.45) is 5.92 Å². The molecule has 0 aromatic heterocycles. The number of rotatable bonds is 25. The molecule has 10 nitrogen and oxygen atoms in total. The van der Waals surface area contributed by atoms with E-state index in [9.17, 15) is 14.9 Å². The monoisotopic (exact) mass is 675 g/mol. The quantitative estimate of drug-likeness (QED) is 0.0576. The molecule has 3 aromatic rings. The van der Waals surface area contributed by atoms with Crippen molar-refractivity contribution in [3.8, 4) is 17.6 Å². The molecule has 0 aliphatic carbocycles. The summed E-state index contributed by atoms with van der Waals surface area (Å²) in [6.07, 6.45) is 2.08. The van der Waals surface area contributed by atoms with Gasteiger partial charge in [0.15, 0.2) is 0 Å². The molecule has 49 heavy (non-hydrogen) atoms. The van der Waals surface area contributed by atoms with Crippen molar-refractivity contribution in [1.82, 2.24) is 0 Å². The number of hydrogen-bond donors (Lipinski definition) is 0. The minimum Gasteiger partial charge on any atom is -0.497 e. The summed E-state index contributed by atoms with van der Waals surface area (Å²) < 4.78 is 39.5. The van der Waals surface area contributed by atoms with E-state index in [4.69, 9.17) is 33.2 Å². The van der Waals surface area contributed by atoms with Crippen LogP contribution in [0.15, 0.2) is 78.9 Å². The van der Waals surface area contributed by atoms with Gasteiger partial charge in [0.2, 0.25) is 0 Å². The average molecular weight is 676 g/mol. The van der Waals surface area contributed by atoms with Crippen molar-refractivity contribution in [3.63, 3.8) is 0 Å². The molecule has 0 spiro atoms. The summed E-state index contributed by atoms with van der Waals surface area (Å²) in [7, 11) is 3.26. The first-order valence-corrected chi connectivity index (χ1v) is 16.8. The standard InChI is InChI=1S/C39H49NO9/c1-4-8-35(41)15-20-38(42)48-28-27-47-26-25-46-24-23-45-22-21-31(29-40)30-49-39(32-9-6-5-7-10-32,33-11-16-36(43-2)17-12-33)34-13-18-37(44-3)19-14-34/h5-7,9-14,16-19,31H,4,8,15,20-28,30H2,1-3H3. The number of ketones is 1. The van der Waals surface area contributed by atoms with E-state index < -0.39 is 17.5 Å². The van der Waals surface area contributed by atoms with Gasteiger partial charge in [0.05, 0.1) is 72.3 Å². The van der Waals surface area contributed by atoms with Crippen LogP contribution in [0.1, 0.15) is 55.7 Å². The van der Waals surface area contributed by atoms with Gasteiger partial charge >= 0.3 is 5.97 Å². The van der Waals surface area contributed by atoms with E-state index in [-0.39, 0.29) is 38.4 Å². The highest BCUT2D eigenvalue weighted by atomic mass is 16.6. The molecule has 0 heterocycles. The van der Waals surface area contributed by atoms with E-state index in [0.29, 0.717) is 45.9 Å².